The Kier molecular flexibility index (Phi) is 3.42. The first kappa shape index (κ1) is 10.2. The van der Waals surface area contributed by atoms with Gasteiger partial charge in [0.05, 0.1) is 12.4 Å². The molecule has 1 heterocycles. The molecule has 0 saturated carbocycles. The number of ether oxygens (including phenoxy) is 1. The fourth-order valence-electron chi connectivity index (χ4n) is 1.11. The molecule has 0 radical (unpaired) electrons. The van der Waals surface area contributed by atoms with Crippen molar-refractivity contribution in [1.29, 1.82) is 0 Å². The summed E-state index contributed by atoms with van der Waals surface area (Å²) >= 11 is 0. The summed E-state index contributed by atoms with van der Waals surface area (Å²) in [6.07, 6.45) is 1.70. The highest BCUT2D eigenvalue weighted by Crippen LogP contribution is 2.42. The van der Waals surface area contributed by atoms with Gasteiger partial charge >= 0.3 is 5.97 Å². The highest BCUT2D eigenvalue weighted by molar-refractivity contribution is 8.23. The van der Waals surface area contributed by atoms with Crippen LogP contribution in [-0.2, 0) is 9.53 Å². The molecule has 0 bridgehead atoms. The number of allylic oxidation sites excluding steroid dienone is 2. The average molecular weight is 202 g/mol. The van der Waals surface area contributed by atoms with Crippen LogP contribution >= 0.6 is 10.9 Å². The fourth-order valence-corrected chi connectivity index (χ4v) is 2.72. The highest BCUT2D eigenvalue weighted by Gasteiger charge is 2.15. The van der Waals surface area contributed by atoms with E-state index in [4.69, 9.17) is 9.84 Å². The van der Waals surface area contributed by atoms with Crippen LogP contribution in [0.5, 0.6) is 0 Å². The lowest BCUT2D eigenvalue weighted by Gasteiger charge is -2.12. The molecular weight excluding hydrogens is 188 g/mol. The topological polar surface area (TPSA) is 46.5 Å². The molecule has 1 unspecified atom stereocenters. The van der Waals surface area contributed by atoms with Gasteiger partial charge in [0.15, 0.2) is 0 Å². The van der Waals surface area contributed by atoms with E-state index < -0.39 is 10.9 Å². The summed E-state index contributed by atoms with van der Waals surface area (Å²) in [5.74, 6) is 0.468. The van der Waals surface area contributed by atoms with Crippen molar-refractivity contribution in [1.82, 2.24) is 0 Å². The summed E-state index contributed by atoms with van der Waals surface area (Å²) in [6, 6.07) is 0. The van der Waals surface area contributed by atoms with Crippen LogP contribution in [0.2, 0.25) is 0 Å². The maximum atomic E-state index is 11.1. The SMILES string of the molecule is CCOC(=O)C[SH]1C=C(O)C=C1C. The number of aliphatic hydroxyl groups is 1. The first-order chi connectivity index (χ1) is 6.13. The van der Waals surface area contributed by atoms with Crippen LogP contribution in [-0.4, -0.2) is 23.4 Å². The zero-order valence-electron chi connectivity index (χ0n) is 7.78. The minimum Gasteiger partial charge on any atom is -0.507 e. The first-order valence-electron chi connectivity index (χ1n) is 4.15. The van der Waals surface area contributed by atoms with Gasteiger partial charge < -0.3 is 9.84 Å². The van der Waals surface area contributed by atoms with Crippen molar-refractivity contribution < 1.29 is 14.6 Å². The quantitative estimate of drug-likeness (QED) is 0.542. The number of hydrogen-bond donors (Lipinski definition) is 2. The second-order valence-corrected chi connectivity index (χ2v) is 4.99. The van der Waals surface area contributed by atoms with Gasteiger partial charge in [-0.2, -0.15) is 10.9 Å². The Hall–Kier alpha value is -0.900. The number of thiol groups is 1. The molecule has 0 amide bonds. The van der Waals surface area contributed by atoms with Crippen LogP contribution in [0.1, 0.15) is 13.8 Å². The minimum absolute atomic E-state index is 0.188. The molecule has 0 spiro atoms. The molecule has 1 rings (SSSR count). The zero-order chi connectivity index (χ0) is 9.84. The normalized spacial score (nSPS) is 23.7. The van der Waals surface area contributed by atoms with Gasteiger partial charge in [0.2, 0.25) is 0 Å². The molecule has 1 aliphatic heterocycles. The van der Waals surface area contributed by atoms with E-state index in [1.165, 1.54) is 0 Å². The number of hydrogen-bond acceptors (Lipinski definition) is 3. The summed E-state index contributed by atoms with van der Waals surface area (Å²) in [5, 5.41) is 10.9. The lowest BCUT2D eigenvalue weighted by Crippen LogP contribution is -2.08. The Morgan fingerprint density at radius 3 is 2.85 bits per heavy atom. The van der Waals surface area contributed by atoms with E-state index in [-0.39, 0.29) is 11.7 Å². The lowest BCUT2D eigenvalue weighted by atomic mass is 10.5. The molecule has 0 aromatic heterocycles. The largest absolute Gasteiger partial charge is 0.507 e. The highest BCUT2D eigenvalue weighted by atomic mass is 32.2. The molecule has 0 fully saturated rings. The second-order valence-electron chi connectivity index (χ2n) is 2.77. The van der Waals surface area contributed by atoms with Crippen molar-refractivity contribution in [2.45, 2.75) is 13.8 Å². The van der Waals surface area contributed by atoms with Crippen LogP contribution in [0.4, 0.5) is 0 Å². The predicted molar refractivity (Wildman–Crippen MR) is 55.0 cm³/mol. The van der Waals surface area contributed by atoms with E-state index in [0.717, 1.165) is 4.91 Å². The summed E-state index contributed by atoms with van der Waals surface area (Å²) in [4.78, 5) is 12.2. The molecule has 4 heteroatoms. The third kappa shape index (κ3) is 2.81. The Morgan fingerprint density at radius 1 is 1.69 bits per heavy atom. The molecule has 1 N–H and O–H groups in total. The first-order valence-corrected chi connectivity index (χ1v) is 5.74. The molecule has 0 aromatic carbocycles. The number of carbonyl (C=O) groups is 1. The van der Waals surface area contributed by atoms with Crippen molar-refractivity contribution >= 4 is 16.9 Å². The van der Waals surface area contributed by atoms with E-state index in [1.54, 1.807) is 18.4 Å². The van der Waals surface area contributed by atoms with E-state index in [9.17, 15) is 4.79 Å². The van der Waals surface area contributed by atoms with Crippen LogP contribution in [0.3, 0.4) is 0 Å². The standard InChI is InChI=1S/C9H14O3S/c1-3-12-9(11)6-13-5-8(10)4-7(13)2/h4-5,10,13H,3,6H2,1-2H3. The fraction of sp³-hybridized carbons (Fsp3) is 0.444. The molecule has 1 aliphatic rings. The molecule has 0 aromatic rings. The molecule has 3 nitrogen and oxygen atoms in total. The number of carbonyl (C=O) groups excluding carboxylic acids is 1. The van der Waals surface area contributed by atoms with Crippen LogP contribution < -0.4 is 0 Å². The van der Waals surface area contributed by atoms with Crippen molar-refractivity contribution in [3.8, 4) is 0 Å². The van der Waals surface area contributed by atoms with E-state index in [1.807, 2.05) is 6.92 Å². The summed E-state index contributed by atoms with van der Waals surface area (Å²) in [7, 11) is -0.622. The molecule has 0 aliphatic carbocycles. The Balaban J connectivity index is 2.47. The van der Waals surface area contributed by atoms with Gasteiger partial charge in [-0.15, -0.1) is 0 Å². The third-order valence-electron chi connectivity index (χ3n) is 1.70. The van der Waals surface area contributed by atoms with Gasteiger partial charge in [0, 0.05) is 0 Å². The predicted octanol–water partition coefficient (Wildman–Crippen LogP) is 1.87. The van der Waals surface area contributed by atoms with Crippen LogP contribution in [0.25, 0.3) is 0 Å². The molecule has 1 atom stereocenters. The van der Waals surface area contributed by atoms with Gasteiger partial charge in [0.1, 0.15) is 5.76 Å². The second kappa shape index (κ2) is 4.37. The summed E-state index contributed by atoms with van der Waals surface area (Å²) in [5.41, 5.74) is 0. The molecule has 74 valence electrons. The third-order valence-corrected chi connectivity index (χ3v) is 3.91. The minimum atomic E-state index is -0.622. The van der Waals surface area contributed by atoms with Gasteiger partial charge in [0.25, 0.3) is 0 Å². The number of aliphatic hydroxyl groups excluding tert-OH is 1. The maximum Gasteiger partial charge on any atom is 0.314 e. The lowest BCUT2D eigenvalue weighted by molar-refractivity contribution is -0.139. The molecular formula is C9H14O3S. The van der Waals surface area contributed by atoms with Gasteiger partial charge in [-0.05, 0) is 30.2 Å². The Labute approximate surface area is 80.4 Å². The van der Waals surface area contributed by atoms with E-state index in [0.29, 0.717) is 12.4 Å². The van der Waals surface area contributed by atoms with Crippen LogP contribution in [0, 0.1) is 0 Å². The average Bonchev–Trinajstić information content (AvgIpc) is 2.30. The van der Waals surface area contributed by atoms with Gasteiger partial charge in [-0.1, -0.05) is 0 Å². The van der Waals surface area contributed by atoms with Crippen molar-refractivity contribution in [3.63, 3.8) is 0 Å². The maximum absolute atomic E-state index is 11.1. The van der Waals surface area contributed by atoms with Crippen molar-refractivity contribution in [2.24, 2.45) is 0 Å². The van der Waals surface area contributed by atoms with Crippen LogP contribution in [0.15, 0.2) is 22.1 Å². The molecule has 13 heavy (non-hydrogen) atoms. The zero-order valence-corrected chi connectivity index (χ0v) is 8.67. The van der Waals surface area contributed by atoms with Gasteiger partial charge in [-0.3, -0.25) is 4.79 Å². The van der Waals surface area contributed by atoms with E-state index in [2.05, 4.69) is 0 Å². The monoisotopic (exact) mass is 202 g/mol. The number of esters is 1. The summed E-state index contributed by atoms with van der Waals surface area (Å²) in [6.45, 7) is 4.13. The number of rotatable bonds is 3. The van der Waals surface area contributed by atoms with Crippen molar-refractivity contribution in [3.05, 3.63) is 22.1 Å². The van der Waals surface area contributed by atoms with Crippen molar-refractivity contribution in [2.75, 3.05) is 12.4 Å². The Bertz CT molecular complexity index is 268. The van der Waals surface area contributed by atoms with Gasteiger partial charge in [-0.25, -0.2) is 0 Å². The summed E-state index contributed by atoms with van der Waals surface area (Å²) < 4.78 is 4.83. The van der Waals surface area contributed by atoms with E-state index >= 15 is 0 Å². The Morgan fingerprint density at radius 2 is 2.38 bits per heavy atom. The molecule has 0 saturated heterocycles. The smallest absolute Gasteiger partial charge is 0.314 e.